The summed E-state index contributed by atoms with van der Waals surface area (Å²) < 4.78 is 83.1. The maximum Gasteiger partial charge on any atom is 0.500 e. The summed E-state index contributed by atoms with van der Waals surface area (Å²) in [5.74, 6) is -9.22. The molecule has 0 spiro atoms. The molecule has 0 aliphatic heterocycles. The molecular formula is C27H45F5O3Si. The van der Waals surface area contributed by atoms with Crippen LogP contribution in [-0.2, 0) is 19.7 Å². The summed E-state index contributed by atoms with van der Waals surface area (Å²) in [5, 5.41) is 0. The molecule has 1 aromatic carbocycles. The molecule has 0 unspecified atom stereocenters. The van der Waals surface area contributed by atoms with Crippen LogP contribution in [0, 0.1) is 29.1 Å². The second kappa shape index (κ2) is 19.1. The highest BCUT2D eigenvalue weighted by atomic mass is 28.4. The van der Waals surface area contributed by atoms with Crippen molar-refractivity contribution in [2.24, 2.45) is 0 Å². The molecule has 210 valence electrons. The predicted molar refractivity (Wildman–Crippen MR) is 135 cm³/mol. The van der Waals surface area contributed by atoms with Crippen molar-refractivity contribution < 1.29 is 35.2 Å². The largest absolute Gasteiger partial charge is 0.500 e. The van der Waals surface area contributed by atoms with Crippen LogP contribution in [0.4, 0.5) is 22.0 Å². The Hall–Kier alpha value is -1.03. The van der Waals surface area contributed by atoms with E-state index in [9.17, 15) is 22.0 Å². The second-order valence-corrected chi connectivity index (χ2v) is 12.6. The summed E-state index contributed by atoms with van der Waals surface area (Å²) in [6.07, 6.45) is 17.6. The first-order valence-electron chi connectivity index (χ1n) is 13.5. The number of benzene rings is 1. The zero-order valence-corrected chi connectivity index (χ0v) is 23.3. The van der Waals surface area contributed by atoms with Crippen molar-refractivity contribution in [1.29, 1.82) is 0 Å². The van der Waals surface area contributed by atoms with Gasteiger partial charge in [-0.25, -0.2) is 22.0 Å². The van der Waals surface area contributed by atoms with Gasteiger partial charge in [0.05, 0.1) is 0 Å². The van der Waals surface area contributed by atoms with Crippen LogP contribution >= 0.6 is 0 Å². The van der Waals surface area contributed by atoms with Gasteiger partial charge in [0.15, 0.2) is 23.3 Å². The quantitative estimate of drug-likeness (QED) is 0.0483. The normalized spacial score (nSPS) is 12.0. The van der Waals surface area contributed by atoms with Crippen molar-refractivity contribution in [3.63, 3.8) is 0 Å². The fourth-order valence-corrected chi connectivity index (χ4v) is 6.34. The Balaban J connectivity index is 1.92. The van der Waals surface area contributed by atoms with Crippen molar-refractivity contribution in [3.8, 4) is 0 Å². The van der Waals surface area contributed by atoms with Gasteiger partial charge in [0, 0.05) is 32.9 Å². The average molecular weight is 541 g/mol. The van der Waals surface area contributed by atoms with E-state index < -0.39 is 43.5 Å². The first-order chi connectivity index (χ1) is 17.3. The molecule has 1 aromatic rings. The standard InChI is InChI=1S/C27H45F5O3Si/c1-33-36(34-2,35-3)21-19-17-15-13-11-9-7-5-4-6-8-10-12-14-16-18-20-22-23(28)25(30)27(32)26(31)24(22)29/h4-21H2,1-3H3. The minimum Gasteiger partial charge on any atom is -0.377 e. The lowest BCUT2D eigenvalue weighted by Gasteiger charge is -2.24. The Morgan fingerprint density at radius 2 is 0.694 bits per heavy atom. The minimum absolute atomic E-state index is 0.135. The van der Waals surface area contributed by atoms with Gasteiger partial charge in [0.25, 0.3) is 0 Å². The third-order valence-electron chi connectivity index (χ3n) is 6.89. The summed E-state index contributed by atoms with van der Waals surface area (Å²) in [4.78, 5) is 0. The Labute approximate surface area is 215 Å². The highest BCUT2D eigenvalue weighted by Crippen LogP contribution is 2.25. The van der Waals surface area contributed by atoms with Crippen molar-refractivity contribution in [3.05, 3.63) is 34.6 Å². The Morgan fingerprint density at radius 3 is 1.03 bits per heavy atom. The van der Waals surface area contributed by atoms with Gasteiger partial charge in [-0.05, 0) is 19.3 Å². The van der Waals surface area contributed by atoms with E-state index in [1.807, 2.05) is 0 Å². The summed E-state index contributed by atoms with van der Waals surface area (Å²) >= 11 is 0. The van der Waals surface area contributed by atoms with Crippen LogP contribution in [0.2, 0.25) is 6.04 Å². The van der Waals surface area contributed by atoms with Gasteiger partial charge in [0.2, 0.25) is 5.82 Å². The summed E-state index contributed by atoms with van der Waals surface area (Å²) in [5.41, 5.74) is -0.699. The van der Waals surface area contributed by atoms with E-state index in [2.05, 4.69) is 0 Å². The van der Waals surface area contributed by atoms with Crippen molar-refractivity contribution in [1.82, 2.24) is 0 Å². The lowest BCUT2D eigenvalue weighted by atomic mass is 10.0. The van der Waals surface area contributed by atoms with Crippen LogP contribution in [0.15, 0.2) is 0 Å². The molecular weight excluding hydrogens is 495 g/mol. The van der Waals surface area contributed by atoms with Gasteiger partial charge in [-0.1, -0.05) is 89.9 Å². The van der Waals surface area contributed by atoms with Crippen LogP contribution in [0.5, 0.6) is 0 Å². The van der Waals surface area contributed by atoms with E-state index in [0.717, 1.165) is 31.7 Å². The van der Waals surface area contributed by atoms with Crippen molar-refractivity contribution in [2.45, 2.75) is 115 Å². The molecule has 0 atom stereocenters. The highest BCUT2D eigenvalue weighted by molar-refractivity contribution is 6.60. The maximum atomic E-state index is 13.7. The molecule has 0 radical (unpaired) electrons. The summed E-state index contributed by atoms with van der Waals surface area (Å²) in [6.45, 7) is 0. The van der Waals surface area contributed by atoms with E-state index in [1.165, 1.54) is 64.2 Å². The molecule has 0 N–H and O–H groups in total. The van der Waals surface area contributed by atoms with E-state index in [1.54, 1.807) is 21.3 Å². The highest BCUT2D eigenvalue weighted by Gasteiger charge is 2.36. The summed E-state index contributed by atoms with van der Waals surface area (Å²) in [7, 11) is 2.56. The van der Waals surface area contributed by atoms with Gasteiger partial charge in [-0.3, -0.25) is 0 Å². The lowest BCUT2D eigenvalue weighted by Crippen LogP contribution is -2.42. The van der Waals surface area contributed by atoms with Crippen molar-refractivity contribution >= 4 is 8.80 Å². The number of hydrogen-bond acceptors (Lipinski definition) is 3. The zero-order valence-electron chi connectivity index (χ0n) is 22.3. The monoisotopic (exact) mass is 540 g/mol. The number of rotatable bonds is 22. The SMILES string of the molecule is CO[Si](CCCCCCCCCCCCCCCCCCc1c(F)c(F)c(F)c(F)c1F)(OC)OC. The van der Waals surface area contributed by atoms with Crippen LogP contribution in [0.25, 0.3) is 0 Å². The average Bonchev–Trinajstić information content (AvgIpc) is 2.90. The molecule has 1 rings (SSSR count). The first-order valence-corrected chi connectivity index (χ1v) is 15.4. The van der Waals surface area contributed by atoms with Gasteiger partial charge < -0.3 is 13.3 Å². The van der Waals surface area contributed by atoms with Gasteiger partial charge in [-0.15, -0.1) is 0 Å². The molecule has 0 heterocycles. The zero-order chi connectivity index (χ0) is 26.8. The van der Waals surface area contributed by atoms with E-state index >= 15 is 0 Å². The lowest BCUT2D eigenvalue weighted by molar-refractivity contribution is 0.122. The number of hydrogen-bond donors (Lipinski definition) is 0. The molecule has 0 saturated heterocycles. The predicted octanol–water partition coefficient (Wildman–Crippen LogP) is 9.04. The van der Waals surface area contributed by atoms with Crippen LogP contribution < -0.4 is 0 Å². The third kappa shape index (κ3) is 11.6. The minimum atomic E-state index is -2.41. The molecule has 0 bridgehead atoms. The Kier molecular flexibility index (Phi) is 17.5. The molecule has 0 aliphatic carbocycles. The second-order valence-electron chi connectivity index (χ2n) is 9.50. The molecule has 3 nitrogen and oxygen atoms in total. The molecule has 9 heteroatoms. The molecule has 0 saturated carbocycles. The molecule has 36 heavy (non-hydrogen) atoms. The van der Waals surface area contributed by atoms with Gasteiger partial charge in [-0.2, -0.15) is 0 Å². The molecule has 0 fully saturated rings. The summed E-state index contributed by atoms with van der Waals surface area (Å²) in [6, 6.07) is 0.870. The first kappa shape index (κ1) is 33.0. The molecule has 0 aliphatic rings. The molecule has 0 amide bonds. The van der Waals surface area contributed by atoms with Gasteiger partial charge >= 0.3 is 8.80 Å². The van der Waals surface area contributed by atoms with E-state index in [-0.39, 0.29) is 6.42 Å². The van der Waals surface area contributed by atoms with Crippen LogP contribution in [0.3, 0.4) is 0 Å². The smallest absolute Gasteiger partial charge is 0.377 e. The third-order valence-corrected chi connectivity index (χ3v) is 9.73. The maximum absolute atomic E-state index is 13.7. The van der Waals surface area contributed by atoms with E-state index in [0.29, 0.717) is 12.8 Å². The topological polar surface area (TPSA) is 27.7 Å². The van der Waals surface area contributed by atoms with E-state index in [4.69, 9.17) is 13.3 Å². The molecule has 0 aromatic heterocycles. The van der Waals surface area contributed by atoms with Gasteiger partial charge in [0.1, 0.15) is 0 Å². The Morgan fingerprint density at radius 1 is 0.417 bits per heavy atom. The van der Waals surface area contributed by atoms with Crippen molar-refractivity contribution in [2.75, 3.05) is 21.3 Å². The van der Waals surface area contributed by atoms with Crippen LogP contribution in [0.1, 0.15) is 108 Å². The fraction of sp³-hybridized carbons (Fsp3) is 0.778. The Bertz CT molecular complexity index is 695. The number of unbranched alkanes of at least 4 members (excludes halogenated alkanes) is 15. The fourth-order valence-electron chi connectivity index (χ4n) is 4.54. The van der Waals surface area contributed by atoms with Crippen LogP contribution in [-0.4, -0.2) is 30.1 Å². The number of halogens is 5.